The van der Waals surface area contributed by atoms with E-state index in [1.165, 1.54) is 11.1 Å². The molecule has 1 N–H and O–H groups in total. The molecule has 0 saturated carbocycles. The monoisotopic (exact) mass is 336 g/mol. The lowest BCUT2D eigenvalue weighted by Gasteiger charge is -2.49. The number of benzene rings is 2. The third-order valence-corrected chi connectivity index (χ3v) is 5.50. The summed E-state index contributed by atoms with van der Waals surface area (Å²) < 4.78 is 5.68. The van der Waals surface area contributed by atoms with Gasteiger partial charge in [-0.1, -0.05) is 54.6 Å². The van der Waals surface area contributed by atoms with Gasteiger partial charge in [0.1, 0.15) is 6.61 Å². The molecule has 130 valence electrons. The predicted octanol–water partition coefficient (Wildman–Crippen LogP) is 3.46. The van der Waals surface area contributed by atoms with Gasteiger partial charge in [-0.3, -0.25) is 4.90 Å². The van der Waals surface area contributed by atoms with Crippen LogP contribution in [0.4, 0.5) is 4.79 Å². The summed E-state index contributed by atoms with van der Waals surface area (Å²) in [6, 6.07) is 18.4. The van der Waals surface area contributed by atoms with Gasteiger partial charge in [-0.2, -0.15) is 0 Å². The highest BCUT2D eigenvalue weighted by molar-refractivity contribution is 5.70. The number of fused-ring (bicyclic) bond motifs is 2. The second-order valence-electron chi connectivity index (χ2n) is 6.88. The van der Waals surface area contributed by atoms with Gasteiger partial charge in [0.15, 0.2) is 0 Å². The van der Waals surface area contributed by atoms with Gasteiger partial charge in [0.25, 0.3) is 0 Å². The largest absolute Gasteiger partial charge is 0.445 e. The van der Waals surface area contributed by atoms with Crippen LogP contribution in [0.3, 0.4) is 0 Å². The van der Waals surface area contributed by atoms with Crippen molar-refractivity contribution in [3.8, 4) is 0 Å². The van der Waals surface area contributed by atoms with Crippen LogP contribution in [0.5, 0.6) is 0 Å². The summed E-state index contributed by atoms with van der Waals surface area (Å²) in [5, 5.41) is 3.43. The average Bonchev–Trinajstić information content (AvgIpc) is 2.68. The van der Waals surface area contributed by atoms with Crippen molar-refractivity contribution >= 4 is 6.09 Å². The topological polar surface area (TPSA) is 41.6 Å². The van der Waals surface area contributed by atoms with Gasteiger partial charge in [0.2, 0.25) is 0 Å². The molecule has 2 aromatic rings. The molecular weight excluding hydrogens is 312 g/mol. The van der Waals surface area contributed by atoms with Crippen LogP contribution >= 0.6 is 0 Å². The molecule has 1 saturated heterocycles. The van der Waals surface area contributed by atoms with E-state index in [1.54, 1.807) is 0 Å². The fourth-order valence-corrected chi connectivity index (χ4v) is 4.23. The number of rotatable bonds is 2. The SMILES string of the molecule is O=C(OCc1ccccc1)N1CCc2ccccc2C12CCNCC2. The van der Waals surface area contributed by atoms with Crippen molar-refractivity contribution in [1.82, 2.24) is 10.2 Å². The first-order chi connectivity index (χ1) is 12.3. The zero-order valence-electron chi connectivity index (χ0n) is 14.4. The summed E-state index contributed by atoms with van der Waals surface area (Å²) in [7, 11) is 0. The molecule has 25 heavy (non-hydrogen) atoms. The molecule has 0 bridgehead atoms. The van der Waals surface area contributed by atoms with E-state index in [-0.39, 0.29) is 11.6 Å². The molecule has 2 aliphatic rings. The van der Waals surface area contributed by atoms with Crippen molar-refractivity contribution in [3.05, 3.63) is 71.3 Å². The molecule has 0 aliphatic carbocycles. The van der Waals surface area contributed by atoms with Crippen LogP contribution in [0.1, 0.15) is 29.5 Å². The quantitative estimate of drug-likeness (QED) is 0.913. The van der Waals surface area contributed by atoms with E-state index in [2.05, 4.69) is 29.6 Å². The summed E-state index contributed by atoms with van der Waals surface area (Å²) in [5.41, 5.74) is 3.47. The third-order valence-electron chi connectivity index (χ3n) is 5.50. The van der Waals surface area contributed by atoms with Crippen molar-refractivity contribution < 1.29 is 9.53 Å². The van der Waals surface area contributed by atoms with Crippen LogP contribution in [-0.2, 0) is 23.3 Å². The normalized spacial score (nSPS) is 18.6. The molecule has 0 unspecified atom stereocenters. The lowest BCUT2D eigenvalue weighted by molar-refractivity contribution is 0.0212. The summed E-state index contributed by atoms with van der Waals surface area (Å²) in [4.78, 5) is 14.9. The van der Waals surface area contributed by atoms with Gasteiger partial charge in [-0.05, 0) is 49.0 Å². The zero-order chi connectivity index (χ0) is 17.1. The van der Waals surface area contributed by atoms with Crippen LogP contribution in [0.15, 0.2) is 54.6 Å². The Morgan fingerprint density at radius 1 is 1.04 bits per heavy atom. The lowest BCUT2D eigenvalue weighted by atomic mass is 9.75. The minimum Gasteiger partial charge on any atom is -0.445 e. The molecule has 1 spiro atoms. The number of nitrogens with one attached hydrogen (secondary N) is 1. The Balaban J connectivity index is 1.58. The summed E-state index contributed by atoms with van der Waals surface area (Å²) in [6.45, 7) is 2.91. The van der Waals surface area contributed by atoms with Crippen molar-refractivity contribution in [2.24, 2.45) is 0 Å². The summed E-state index contributed by atoms with van der Waals surface area (Å²) in [5.74, 6) is 0. The minimum atomic E-state index is -0.228. The number of hydrogen-bond acceptors (Lipinski definition) is 3. The number of ether oxygens (including phenoxy) is 1. The Kier molecular flexibility index (Phi) is 4.45. The Bertz CT molecular complexity index is 739. The molecule has 0 atom stereocenters. The first-order valence-electron chi connectivity index (χ1n) is 9.07. The molecule has 4 rings (SSSR count). The number of amides is 1. The Morgan fingerprint density at radius 2 is 1.76 bits per heavy atom. The van der Waals surface area contributed by atoms with Gasteiger partial charge in [-0.25, -0.2) is 4.79 Å². The maximum Gasteiger partial charge on any atom is 0.410 e. The van der Waals surface area contributed by atoms with Gasteiger partial charge >= 0.3 is 6.09 Å². The molecule has 0 radical (unpaired) electrons. The van der Waals surface area contributed by atoms with E-state index in [0.717, 1.165) is 44.5 Å². The maximum absolute atomic E-state index is 12.9. The fourth-order valence-electron chi connectivity index (χ4n) is 4.23. The first-order valence-corrected chi connectivity index (χ1v) is 9.07. The average molecular weight is 336 g/mol. The molecule has 2 heterocycles. The maximum atomic E-state index is 12.9. The Hall–Kier alpha value is -2.33. The zero-order valence-corrected chi connectivity index (χ0v) is 14.4. The van der Waals surface area contributed by atoms with Crippen molar-refractivity contribution in [2.75, 3.05) is 19.6 Å². The van der Waals surface area contributed by atoms with Crippen molar-refractivity contribution in [2.45, 2.75) is 31.4 Å². The van der Waals surface area contributed by atoms with Gasteiger partial charge in [0, 0.05) is 6.54 Å². The summed E-state index contributed by atoms with van der Waals surface area (Å²) >= 11 is 0. The number of carbonyl (C=O) groups excluding carboxylic acids is 1. The van der Waals surface area contributed by atoms with Crippen molar-refractivity contribution in [1.29, 1.82) is 0 Å². The van der Waals surface area contributed by atoms with Crippen LogP contribution in [0.2, 0.25) is 0 Å². The minimum absolute atomic E-state index is 0.194. The van der Waals surface area contributed by atoms with E-state index in [4.69, 9.17) is 4.74 Å². The predicted molar refractivity (Wildman–Crippen MR) is 97.3 cm³/mol. The molecule has 2 aromatic carbocycles. The molecule has 2 aliphatic heterocycles. The molecule has 1 fully saturated rings. The highest BCUT2D eigenvalue weighted by Gasteiger charge is 2.46. The van der Waals surface area contributed by atoms with Crippen molar-refractivity contribution in [3.63, 3.8) is 0 Å². The third kappa shape index (κ3) is 3.02. The van der Waals surface area contributed by atoms with Gasteiger partial charge < -0.3 is 10.1 Å². The lowest BCUT2D eigenvalue weighted by Crippen LogP contribution is -2.57. The molecule has 4 nitrogen and oxygen atoms in total. The van der Waals surface area contributed by atoms with Gasteiger partial charge in [0.05, 0.1) is 5.54 Å². The number of piperidine rings is 1. The highest BCUT2D eigenvalue weighted by atomic mass is 16.6. The standard InChI is InChI=1S/C21H24N2O2/c24-20(25-16-17-6-2-1-3-7-17)23-15-10-18-8-4-5-9-19(18)21(23)11-13-22-14-12-21/h1-9,22H,10-16H2. The molecular formula is C21H24N2O2. The van der Waals surface area contributed by atoms with Crippen LogP contribution in [-0.4, -0.2) is 30.6 Å². The van der Waals surface area contributed by atoms with E-state index in [0.29, 0.717) is 6.61 Å². The van der Waals surface area contributed by atoms with E-state index in [9.17, 15) is 4.79 Å². The Morgan fingerprint density at radius 3 is 2.56 bits per heavy atom. The second-order valence-corrected chi connectivity index (χ2v) is 6.88. The van der Waals surface area contributed by atoms with E-state index in [1.807, 2.05) is 35.2 Å². The van der Waals surface area contributed by atoms with Crippen LogP contribution in [0.25, 0.3) is 0 Å². The fraction of sp³-hybridized carbons (Fsp3) is 0.381. The Labute approximate surface area is 148 Å². The molecule has 4 heteroatoms. The number of hydrogen-bond donors (Lipinski definition) is 1. The first kappa shape index (κ1) is 16.2. The molecule has 1 amide bonds. The van der Waals surface area contributed by atoms with E-state index < -0.39 is 0 Å². The smallest absolute Gasteiger partial charge is 0.410 e. The van der Waals surface area contributed by atoms with E-state index >= 15 is 0 Å². The number of carbonyl (C=O) groups is 1. The molecule has 0 aromatic heterocycles. The number of nitrogens with zero attached hydrogens (tertiary/aromatic N) is 1. The highest BCUT2D eigenvalue weighted by Crippen LogP contribution is 2.42. The van der Waals surface area contributed by atoms with Gasteiger partial charge in [-0.15, -0.1) is 0 Å². The van der Waals surface area contributed by atoms with Crippen LogP contribution in [0, 0.1) is 0 Å². The second kappa shape index (κ2) is 6.89. The summed E-state index contributed by atoms with van der Waals surface area (Å²) in [6.07, 6.45) is 2.57. The van der Waals surface area contributed by atoms with Crippen LogP contribution < -0.4 is 5.32 Å².